The minimum Gasteiger partial charge on any atom is -0.355 e. The molecule has 130 valence electrons. The van der Waals surface area contributed by atoms with Crippen LogP contribution in [0.1, 0.15) is 38.5 Å². The van der Waals surface area contributed by atoms with Gasteiger partial charge in [-0.2, -0.15) is 0 Å². The minimum atomic E-state index is 0.0730. The second-order valence-electron chi connectivity index (χ2n) is 7.24. The van der Waals surface area contributed by atoms with Gasteiger partial charge in [0, 0.05) is 51.2 Å². The van der Waals surface area contributed by atoms with Crippen molar-refractivity contribution in [3.05, 3.63) is 0 Å². The van der Waals surface area contributed by atoms with E-state index in [0.717, 1.165) is 71.0 Å². The summed E-state index contributed by atoms with van der Waals surface area (Å²) in [7, 11) is 2.13. The molecule has 6 nitrogen and oxygen atoms in total. The second-order valence-corrected chi connectivity index (χ2v) is 7.24. The highest BCUT2D eigenvalue weighted by molar-refractivity contribution is 5.79. The molecule has 1 saturated carbocycles. The number of hydrogen-bond donors (Lipinski definition) is 1. The summed E-state index contributed by atoms with van der Waals surface area (Å²) in [5.41, 5.74) is 0. The second kappa shape index (κ2) is 7.51. The van der Waals surface area contributed by atoms with Gasteiger partial charge in [0.25, 0.3) is 0 Å². The fraction of sp³-hybridized carbons (Fsp3) is 0.882. The quantitative estimate of drug-likeness (QED) is 0.825. The molecule has 3 fully saturated rings. The van der Waals surface area contributed by atoms with E-state index in [9.17, 15) is 9.59 Å². The van der Waals surface area contributed by atoms with Gasteiger partial charge in [0.1, 0.15) is 0 Å². The molecule has 6 heteroatoms. The summed E-state index contributed by atoms with van der Waals surface area (Å²) in [5, 5.41) is 3.07. The van der Waals surface area contributed by atoms with Crippen LogP contribution in [0.2, 0.25) is 0 Å². The van der Waals surface area contributed by atoms with Crippen molar-refractivity contribution in [3.63, 3.8) is 0 Å². The van der Waals surface area contributed by atoms with Gasteiger partial charge >= 0.3 is 6.03 Å². The summed E-state index contributed by atoms with van der Waals surface area (Å²) in [4.78, 5) is 30.8. The van der Waals surface area contributed by atoms with E-state index in [1.54, 1.807) is 0 Å². The van der Waals surface area contributed by atoms with E-state index in [-0.39, 0.29) is 17.9 Å². The molecule has 3 aliphatic rings. The Balaban J connectivity index is 1.34. The van der Waals surface area contributed by atoms with Crippen LogP contribution in [0.25, 0.3) is 0 Å². The Morgan fingerprint density at radius 1 is 1.00 bits per heavy atom. The van der Waals surface area contributed by atoms with Crippen LogP contribution in [0, 0.1) is 5.92 Å². The third-order valence-electron chi connectivity index (χ3n) is 5.45. The first-order valence-electron chi connectivity index (χ1n) is 9.17. The Bertz CT molecular complexity index is 424. The molecule has 1 aliphatic carbocycles. The third kappa shape index (κ3) is 4.37. The molecule has 2 heterocycles. The molecule has 0 unspecified atom stereocenters. The zero-order chi connectivity index (χ0) is 16.2. The normalized spacial score (nSPS) is 22.7. The Morgan fingerprint density at radius 3 is 2.22 bits per heavy atom. The van der Waals surface area contributed by atoms with Crippen molar-refractivity contribution < 1.29 is 9.59 Å². The number of urea groups is 1. The average molecular weight is 322 g/mol. The van der Waals surface area contributed by atoms with E-state index in [1.165, 1.54) is 12.8 Å². The van der Waals surface area contributed by atoms with Gasteiger partial charge in [0.15, 0.2) is 0 Å². The van der Waals surface area contributed by atoms with Crippen molar-refractivity contribution in [2.45, 2.75) is 44.6 Å². The first kappa shape index (κ1) is 16.6. The summed E-state index contributed by atoms with van der Waals surface area (Å²) in [6.45, 7) is 4.90. The Labute approximate surface area is 139 Å². The fourth-order valence-corrected chi connectivity index (χ4v) is 3.64. The maximum atomic E-state index is 12.3. The lowest BCUT2D eigenvalue weighted by molar-refractivity contribution is -0.126. The van der Waals surface area contributed by atoms with Crippen molar-refractivity contribution in [2.24, 2.45) is 5.92 Å². The molecule has 23 heavy (non-hydrogen) atoms. The molecular weight excluding hydrogens is 292 g/mol. The SMILES string of the molecule is CN(CCNC(=O)C1CCN(C(=O)N2CCCC2)CC1)C1CC1. The summed E-state index contributed by atoms with van der Waals surface area (Å²) in [6.07, 6.45) is 6.44. The van der Waals surface area contributed by atoms with E-state index < -0.39 is 0 Å². The molecule has 1 N–H and O–H groups in total. The topological polar surface area (TPSA) is 55.9 Å². The van der Waals surface area contributed by atoms with E-state index in [4.69, 9.17) is 0 Å². The maximum absolute atomic E-state index is 12.3. The standard InChI is InChI=1S/C17H30N4O2/c1-19(15-4-5-15)13-8-18-16(22)14-6-11-21(12-7-14)17(23)20-9-2-3-10-20/h14-15H,2-13H2,1H3,(H,18,22). The Kier molecular flexibility index (Phi) is 5.41. The van der Waals surface area contributed by atoms with Crippen LogP contribution in [-0.4, -0.2) is 79.0 Å². The number of likely N-dealkylation sites (N-methyl/N-ethyl adjacent to an activating group) is 1. The molecule has 0 aromatic rings. The highest BCUT2D eigenvalue weighted by atomic mass is 16.2. The van der Waals surface area contributed by atoms with Crippen molar-refractivity contribution in [1.29, 1.82) is 0 Å². The van der Waals surface area contributed by atoms with E-state index in [1.807, 2.05) is 9.80 Å². The Hall–Kier alpha value is -1.30. The molecule has 0 bridgehead atoms. The fourth-order valence-electron chi connectivity index (χ4n) is 3.64. The number of carbonyl (C=O) groups excluding carboxylic acids is 2. The molecule has 2 saturated heterocycles. The first-order valence-corrected chi connectivity index (χ1v) is 9.17. The van der Waals surface area contributed by atoms with Crippen LogP contribution >= 0.6 is 0 Å². The molecule has 0 spiro atoms. The van der Waals surface area contributed by atoms with Gasteiger partial charge in [-0.15, -0.1) is 0 Å². The van der Waals surface area contributed by atoms with Gasteiger partial charge in [0.2, 0.25) is 5.91 Å². The summed E-state index contributed by atoms with van der Waals surface area (Å²) in [6, 6.07) is 0.916. The van der Waals surface area contributed by atoms with Crippen molar-refractivity contribution in [1.82, 2.24) is 20.0 Å². The molecule has 3 amide bonds. The van der Waals surface area contributed by atoms with Crippen LogP contribution < -0.4 is 5.32 Å². The van der Waals surface area contributed by atoms with Crippen LogP contribution in [0.15, 0.2) is 0 Å². The number of amides is 3. The number of rotatable bonds is 5. The Morgan fingerprint density at radius 2 is 1.61 bits per heavy atom. The summed E-state index contributed by atoms with van der Waals surface area (Å²) in [5.74, 6) is 0.242. The van der Waals surface area contributed by atoms with E-state index in [0.29, 0.717) is 0 Å². The zero-order valence-corrected chi connectivity index (χ0v) is 14.3. The minimum absolute atomic E-state index is 0.0730. The molecular formula is C17H30N4O2. The van der Waals surface area contributed by atoms with Crippen LogP contribution in [-0.2, 0) is 4.79 Å². The first-order chi connectivity index (χ1) is 11.1. The summed E-state index contributed by atoms with van der Waals surface area (Å²) >= 11 is 0. The van der Waals surface area contributed by atoms with Crippen molar-refractivity contribution >= 4 is 11.9 Å². The predicted octanol–water partition coefficient (Wildman–Crippen LogP) is 1.12. The lowest BCUT2D eigenvalue weighted by Gasteiger charge is -2.34. The lowest BCUT2D eigenvalue weighted by atomic mass is 9.96. The van der Waals surface area contributed by atoms with Gasteiger partial charge in [-0.1, -0.05) is 0 Å². The van der Waals surface area contributed by atoms with Crippen LogP contribution in [0.3, 0.4) is 0 Å². The van der Waals surface area contributed by atoms with Gasteiger partial charge in [-0.25, -0.2) is 4.79 Å². The lowest BCUT2D eigenvalue weighted by Crippen LogP contribution is -2.48. The van der Waals surface area contributed by atoms with Gasteiger partial charge in [0.05, 0.1) is 0 Å². The molecule has 0 radical (unpaired) electrons. The molecule has 3 rings (SSSR count). The highest BCUT2D eigenvalue weighted by Gasteiger charge is 2.30. The number of nitrogens with one attached hydrogen (secondary N) is 1. The van der Waals surface area contributed by atoms with Gasteiger partial charge in [-0.3, -0.25) is 4.79 Å². The van der Waals surface area contributed by atoms with Gasteiger partial charge < -0.3 is 20.0 Å². The maximum Gasteiger partial charge on any atom is 0.319 e. The third-order valence-corrected chi connectivity index (χ3v) is 5.45. The van der Waals surface area contributed by atoms with E-state index in [2.05, 4.69) is 17.3 Å². The number of hydrogen-bond acceptors (Lipinski definition) is 3. The molecule has 0 aromatic heterocycles. The number of piperidine rings is 1. The molecule has 0 aromatic carbocycles. The predicted molar refractivity (Wildman–Crippen MR) is 89.2 cm³/mol. The van der Waals surface area contributed by atoms with Crippen molar-refractivity contribution in [3.8, 4) is 0 Å². The zero-order valence-electron chi connectivity index (χ0n) is 14.3. The largest absolute Gasteiger partial charge is 0.355 e. The molecule has 0 atom stereocenters. The number of likely N-dealkylation sites (tertiary alicyclic amines) is 2. The summed E-state index contributed by atoms with van der Waals surface area (Å²) < 4.78 is 0. The van der Waals surface area contributed by atoms with Crippen LogP contribution in [0.4, 0.5) is 4.79 Å². The number of carbonyl (C=O) groups is 2. The smallest absolute Gasteiger partial charge is 0.319 e. The monoisotopic (exact) mass is 322 g/mol. The van der Waals surface area contributed by atoms with Gasteiger partial charge in [-0.05, 0) is 45.6 Å². The number of nitrogens with zero attached hydrogens (tertiary/aromatic N) is 3. The van der Waals surface area contributed by atoms with Crippen molar-refractivity contribution in [2.75, 3.05) is 46.3 Å². The van der Waals surface area contributed by atoms with Crippen LogP contribution in [0.5, 0.6) is 0 Å². The highest BCUT2D eigenvalue weighted by Crippen LogP contribution is 2.24. The molecule has 2 aliphatic heterocycles. The van der Waals surface area contributed by atoms with E-state index >= 15 is 0 Å². The average Bonchev–Trinajstić information content (AvgIpc) is 3.29.